The third kappa shape index (κ3) is 3.85. The molecule has 0 aliphatic heterocycles. The molecule has 0 aliphatic carbocycles. The first-order chi connectivity index (χ1) is 8.56. The SMILES string of the molecule is COCC(=O)N(C)CCc1ccccc1C(=O)O. The van der Waals surface area contributed by atoms with E-state index in [-0.39, 0.29) is 18.1 Å². The number of methoxy groups -OCH3 is 1. The van der Waals surface area contributed by atoms with Crippen molar-refractivity contribution >= 4 is 11.9 Å². The van der Waals surface area contributed by atoms with Crippen LogP contribution in [0.2, 0.25) is 0 Å². The predicted molar refractivity (Wildman–Crippen MR) is 66.6 cm³/mol. The first kappa shape index (κ1) is 14.2. The Morgan fingerprint density at radius 3 is 2.61 bits per heavy atom. The van der Waals surface area contributed by atoms with E-state index in [9.17, 15) is 9.59 Å². The van der Waals surface area contributed by atoms with Crippen molar-refractivity contribution in [2.75, 3.05) is 27.3 Å². The molecule has 0 atom stereocenters. The predicted octanol–water partition coefficient (Wildman–Crippen LogP) is 1.03. The lowest BCUT2D eigenvalue weighted by molar-refractivity contribution is -0.133. The molecule has 0 aromatic heterocycles. The average molecular weight is 251 g/mol. The Hall–Kier alpha value is -1.88. The maximum Gasteiger partial charge on any atom is 0.335 e. The molecule has 0 fully saturated rings. The summed E-state index contributed by atoms with van der Waals surface area (Å²) in [5.74, 6) is -1.07. The van der Waals surface area contributed by atoms with Gasteiger partial charge in [-0.05, 0) is 18.1 Å². The van der Waals surface area contributed by atoms with E-state index in [0.29, 0.717) is 13.0 Å². The molecule has 1 amide bonds. The van der Waals surface area contributed by atoms with Gasteiger partial charge in [-0.25, -0.2) is 4.79 Å². The molecule has 1 rings (SSSR count). The van der Waals surface area contributed by atoms with Crippen molar-refractivity contribution in [2.24, 2.45) is 0 Å². The summed E-state index contributed by atoms with van der Waals surface area (Å²) in [5, 5.41) is 9.02. The Morgan fingerprint density at radius 2 is 2.00 bits per heavy atom. The highest BCUT2D eigenvalue weighted by Crippen LogP contribution is 2.10. The van der Waals surface area contributed by atoms with Crippen LogP contribution in [0.5, 0.6) is 0 Å². The van der Waals surface area contributed by atoms with E-state index in [1.165, 1.54) is 12.0 Å². The van der Waals surface area contributed by atoms with E-state index in [2.05, 4.69) is 0 Å². The first-order valence-corrected chi connectivity index (χ1v) is 5.60. The summed E-state index contributed by atoms with van der Waals surface area (Å²) in [6, 6.07) is 6.80. The van der Waals surface area contributed by atoms with Crippen LogP contribution in [-0.2, 0) is 16.0 Å². The molecule has 5 heteroatoms. The zero-order valence-corrected chi connectivity index (χ0v) is 10.5. The van der Waals surface area contributed by atoms with E-state index in [0.717, 1.165) is 5.56 Å². The number of carboxylic acids is 1. The van der Waals surface area contributed by atoms with Gasteiger partial charge in [0.25, 0.3) is 0 Å². The van der Waals surface area contributed by atoms with Crippen LogP contribution in [0.15, 0.2) is 24.3 Å². The van der Waals surface area contributed by atoms with Gasteiger partial charge in [-0.15, -0.1) is 0 Å². The van der Waals surface area contributed by atoms with Crippen LogP contribution in [0.1, 0.15) is 15.9 Å². The minimum absolute atomic E-state index is 0.0388. The Labute approximate surface area is 106 Å². The topological polar surface area (TPSA) is 66.8 Å². The van der Waals surface area contributed by atoms with Gasteiger partial charge in [0.05, 0.1) is 5.56 Å². The molecule has 18 heavy (non-hydrogen) atoms. The molecule has 0 saturated carbocycles. The van der Waals surface area contributed by atoms with Gasteiger partial charge in [-0.1, -0.05) is 18.2 Å². The number of carboxylic acid groups (broad SMARTS) is 1. The van der Waals surface area contributed by atoms with Crippen molar-refractivity contribution in [2.45, 2.75) is 6.42 Å². The number of rotatable bonds is 6. The second kappa shape index (κ2) is 6.76. The van der Waals surface area contributed by atoms with Crippen LogP contribution >= 0.6 is 0 Å². The molecule has 98 valence electrons. The molecule has 0 saturated heterocycles. The fraction of sp³-hybridized carbons (Fsp3) is 0.385. The molecule has 0 heterocycles. The summed E-state index contributed by atoms with van der Waals surface area (Å²) in [6.07, 6.45) is 0.508. The first-order valence-electron chi connectivity index (χ1n) is 5.60. The van der Waals surface area contributed by atoms with Crippen molar-refractivity contribution in [1.29, 1.82) is 0 Å². The Balaban J connectivity index is 2.63. The number of carbonyl (C=O) groups excluding carboxylic acids is 1. The third-order valence-corrected chi connectivity index (χ3v) is 2.66. The Kier molecular flexibility index (Phi) is 5.32. The molecule has 0 spiro atoms. The van der Waals surface area contributed by atoms with Gasteiger partial charge in [0, 0.05) is 20.7 Å². The van der Waals surface area contributed by atoms with Crippen LogP contribution in [0.25, 0.3) is 0 Å². The van der Waals surface area contributed by atoms with Crippen molar-refractivity contribution in [3.63, 3.8) is 0 Å². The number of nitrogens with zero attached hydrogens (tertiary/aromatic N) is 1. The number of likely N-dealkylation sites (N-methyl/N-ethyl adjacent to an activating group) is 1. The summed E-state index contributed by atoms with van der Waals surface area (Å²) in [7, 11) is 3.14. The number of benzene rings is 1. The smallest absolute Gasteiger partial charge is 0.335 e. The fourth-order valence-electron chi connectivity index (χ4n) is 1.59. The average Bonchev–Trinajstić information content (AvgIpc) is 2.36. The fourth-order valence-corrected chi connectivity index (χ4v) is 1.59. The summed E-state index contributed by atoms with van der Waals surface area (Å²) in [6.45, 7) is 0.504. The van der Waals surface area contributed by atoms with Gasteiger partial charge in [0.15, 0.2) is 0 Å². The molecule has 1 aromatic rings. The molecule has 0 bridgehead atoms. The van der Waals surface area contributed by atoms with Crippen LogP contribution in [0.4, 0.5) is 0 Å². The minimum atomic E-state index is -0.948. The van der Waals surface area contributed by atoms with Gasteiger partial charge in [0.2, 0.25) is 5.91 Å². The molecular weight excluding hydrogens is 234 g/mol. The summed E-state index contributed by atoms with van der Waals surface area (Å²) in [4.78, 5) is 24.0. The highest BCUT2D eigenvalue weighted by Gasteiger charge is 2.12. The summed E-state index contributed by atoms with van der Waals surface area (Å²) >= 11 is 0. The second-order valence-corrected chi connectivity index (χ2v) is 3.96. The van der Waals surface area contributed by atoms with E-state index < -0.39 is 5.97 Å². The van der Waals surface area contributed by atoms with Gasteiger partial charge >= 0.3 is 5.97 Å². The Bertz CT molecular complexity index is 431. The largest absolute Gasteiger partial charge is 0.478 e. The van der Waals surface area contributed by atoms with E-state index in [4.69, 9.17) is 9.84 Å². The lowest BCUT2D eigenvalue weighted by atomic mass is 10.0. The number of hydrogen-bond donors (Lipinski definition) is 1. The molecular formula is C13H17NO4. The van der Waals surface area contributed by atoms with Gasteiger partial charge < -0.3 is 14.7 Å². The van der Waals surface area contributed by atoms with Crippen LogP contribution in [0.3, 0.4) is 0 Å². The minimum Gasteiger partial charge on any atom is -0.478 e. The Morgan fingerprint density at radius 1 is 1.33 bits per heavy atom. The zero-order valence-electron chi connectivity index (χ0n) is 10.5. The number of carbonyl (C=O) groups is 2. The second-order valence-electron chi connectivity index (χ2n) is 3.96. The van der Waals surface area contributed by atoms with Crippen molar-refractivity contribution < 1.29 is 19.4 Å². The quantitative estimate of drug-likeness (QED) is 0.820. The molecule has 0 unspecified atom stereocenters. The summed E-state index contributed by atoms with van der Waals surface area (Å²) in [5.41, 5.74) is 1.01. The zero-order chi connectivity index (χ0) is 13.5. The maximum absolute atomic E-state index is 11.5. The number of ether oxygens (including phenoxy) is 1. The van der Waals surface area contributed by atoms with Gasteiger partial charge in [-0.2, -0.15) is 0 Å². The van der Waals surface area contributed by atoms with Crippen molar-refractivity contribution in [3.05, 3.63) is 35.4 Å². The number of aromatic carboxylic acids is 1. The lowest BCUT2D eigenvalue weighted by Crippen LogP contribution is -2.31. The van der Waals surface area contributed by atoms with Crippen molar-refractivity contribution in [3.8, 4) is 0 Å². The van der Waals surface area contributed by atoms with Gasteiger partial charge in [-0.3, -0.25) is 4.79 Å². The molecule has 5 nitrogen and oxygen atoms in total. The standard InChI is InChI=1S/C13H17NO4/c1-14(12(15)9-18-2)8-7-10-5-3-4-6-11(10)13(16)17/h3-6H,7-9H2,1-2H3,(H,16,17). The molecule has 0 aliphatic rings. The van der Waals surface area contributed by atoms with Crippen LogP contribution in [-0.4, -0.2) is 49.2 Å². The highest BCUT2D eigenvalue weighted by atomic mass is 16.5. The van der Waals surface area contributed by atoms with E-state index in [1.807, 2.05) is 0 Å². The van der Waals surface area contributed by atoms with Crippen LogP contribution in [0, 0.1) is 0 Å². The van der Waals surface area contributed by atoms with E-state index in [1.54, 1.807) is 31.3 Å². The summed E-state index contributed by atoms with van der Waals surface area (Å²) < 4.78 is 4.75. The third-order valence-electron chi connectivity index (χ3n) is 2.66. The van der Waals surface area contributed by atoms with Crippen LogP contribution < -0.4 is 0 Å². The normalized spacial score (nSPS) is 10.1. The monoisotopic (exact) mass is 251 g/mol. The molecule has 0 radical (unpaired) electrons. The van der Waals surface area contributed by atoms with Crippen molar-refractivity contribution in [1.82, 2.24) is 4.90 Å². The number of amides is 1. The maximum atomic E-state index is 11.5. The lowest BCUT2D eigenvalue weighted by Gasteiger charge is -2.17. The highest BCUT2D eigenvalue weighted by molar-refractivity contribution is 5.89. The molecule has 1 N–H and O–H groups in total. The number of hydrogen-bond acceptors (Lipinski definition) is 3. The molecule has 1 aromatic carbocycles. The van der Waals surface area contributed by atoms with Gasteiger partial charge in [0.1, 0.15) is 6.61 Å². The van der Waals surface area contributed by atoms with E-state index >= 15 is 0 Å².